The monoisotopic (exact) mass is 216 g/mol. The molecule has 1 aromatic carbocycles. The molecule has 84 valence electrons. The van der Waals surface area contributed by atoms with Crippen molar-refractivity contribution in [2.24, 2.45) is 5.92 Å². The summed E-state index contributed by atoms with van der Waals surface area (Å²) in [4.78, 5) is 12.0. The highest BCUT2D eigenvalue weighted by Gasteiger charge is 2.35. The number of carbonyl (C=O) groups excluding carboxylic acids is 1. The van der Waals surface area contributed by atoms with Crippen molar-refractivity contribution in [2.75, 3.05) is 10.6 Å². The quantitative estimate of drug-likeness (QED) is 0.699. The standard InChI is InChI=1S/C13H16N2O/c1-8-5-6-11-12(7-8)15-13(16)9-3-2-4-10(9)14-11/h5-7,9-10,14H,2-4H2,1H3,(H,15,16). The Morgan fingerprint density at radius 3 is 3.00 bits per heavy atom. The van der Waals surface area contributed by atoms with Gasteiger partial charge in [0.25, 0.3) is 0 Å². The Balaban J connectivity index is 2.01. The van der Waals surface area contributed by atoms with Gasteiger partial charge in [-0.2, -0.15) is 0 Å². The fraction of sp³-hybridized carbons (Fsp3) is 0.462. The van der Waals surface area contributed by atoms with Gasteiger partial charge in [-0.1, -0.05) is 12.5 Å². The zero-order valence-electron chi connectivity index (χ0n) is 9.42. The van der Waals surface area contributed by atoms with Crippen LogP contribution in [0.5, 0.6) is 0 Å². The van der Waals surface area contributed by atoms with Crippen LogP contribution >= 0.6 is 0 Å². The molecule has 1 heterocycles. The first-order valence-corrected chi connectivity index (χ1v) is 5.92. The molecule has 0 bridgehead atoms. The van der Waals surface area contributed by atoms with Crippen LogP contribution in [0.3, 0.4) is 0 Å². The normalized spacial score (nSPS) is 27.4. The molecule has 1 aliphatic heterocycles. The molecule has 1 aromatic rings. The first-order valence-electron chi connectivity index (χ1n) is 5.92. The average Bonchev–Trinajstić information content (AvgIpc) is 2.65. The van der Waals surface area contributed by atoms with Gasteiger partial charge in [-0.3, -0.25) is 4.79 Å². The second kappa shape index (κ2) is 3.51. The van der Waals surface area contributed by atoms with Crippen molar-refractivity contribution in [1.29, 1.82) is 0 Å². The molecule has 1 saturated carbocycles. The lowest BCUT2D eigenvalue weighted by Crippen LogP contribution is -2.30. The van der Waals surface area contributed by atoms with Gasteiger partial charge in [0, 0.05) is 6.04 Å². The molecule has 2 aliphatic rings. The zero-order chi connectivity index (χ0) is 11.1. The van der Waals surface area contributed by atoms with Crippen LogP contribution in [0.1, 0.15) is 24.8 Å². The van der Waals surface area contributed by atoms with Gasteiger partial charge in [0.15, 0.2) is 0 Å². The lowest BCUT2D eigenvalue weighted by molar-refractivity contribution is -0.119. The summed E-state index contributed by atoms with van der Waals surface area (Å²) in [6.45, 7) is 2.04. The zero-order valence-corrected chi connectivity index (χ0v) is 9.42. The lowest BCUT2D eigenvalue weighted by atomic mass is 10.0. The second-order valence-electron chi connectivity index (χ2n) is 4.83. The maximum Gasteiger partial charge on any atom is 0.229 e. The summed E-state index contributed by atoms with van der Waals surface area (Å²) < 4.78 is 0. The third kappa shape index (κ3) is 1.47. The van der Waals surface area contributed by atoms with Gasteiger partial charge in [0.05, 0.1) is 17.3 Å². The number of rotatable bonds is 0. The number of hydrogen-bond donors (Lipinski definition) is 2. The van der Waals surface area contributed by atoms with Crippen molar-refractivity contribution < 1.29 is 4.79 Å². The molecule has 16 heavy (non-hydrogen) atoms. The van der Waals surface area contributed by atoms with Gasteiger partial charge in [0.2, 0.25) is 5.91 Å². The van der Waals surface area contributed by atoms with Crippen LogP contribution in [0.2, 0.25) is 0 Å². The fourth-order valence-corrected chi connectivity index (χ4v) is 2.76. The molecule has 0 radical (unpaired) electrons. The van der Waals surface area contributed by atoms with Crippen molar-refractivity contribution in [3.8, 4) is 0 Å². The van der Waals surface area contributed by atoms with E-state index in [2.05, 4.69) is 22.8 Å². The molecule has 2 atom stereocenters. The van der Waals surface area contributed by atoms with Crippen LogP contribution in [-0.2, 0) is 4.79 Å². The van der Waals surface area contributed by atoms with Gasteiger partial charge in [-0.25, -0.2) is 0 Å². The molecule has 1 aliphatic carbocycles. The maximum absolute atomic E-state index is 12.0. The predicted molar refractivity (Wildman–Crippen MR) is 64.6 cm³/mol. The minimum atomic E-state index is 0.146. The summed E-state index contributed by atoms with van der Waals surface area (Å²) in [5.41, 5.74) is 3.17. The maximum atomic E-state index is 12.0. The van der Waals surface area contributed by atoms with E-state index in [0.717, 1.165) is 30.6 Å². The van der Waals surface area contributed by atoms with Gasteiger partial charge in [-0.15, -0.1) is 0 Å². The Kier molecular flexibility index (Phi) is 2.13. The Morgan fingerprint density at radius 1 is 1.25 bits per heavy atom. The molecular formula is C13H16N2O. The van der Waals surface area contributed by atoms with E-state index in [9.17, 15) is 4.79 Å². The van der Waals surface area contributed by atoms with Crippen molar-refractivity contribution in [3.05, 3.63) is 23.8 Å². The Labute approximate surface area is 95.2 Å². The molecule has 3 rings (SSSR count). The van der Waals surface area contributed by atoms with Gasteiger partial charge in [0.1, 0.15) is 0 Å². The van der Waals surface area contributed by atoms with Crippen molar-refractivity contribution >= 4 is 17.3 Å². The third-order valence-electron chi connectivity index (χ3n) is 3.63. The van der Waals surface area contributed by atoms with Crippen LogP contribution in [0.25, 0.3) is 0 Å². The van der Waals surface area contributed by atoms with E-state index < -0.39 is 0 Å². The Hall–Kier alpha value is -1.51. The van der Waals surface area contributed by atoms with E-state index in [1.165, 1.54) is 5.56 Å². The molecule has 0 spiro atoms. The molecule has 2 N–H and O–H groups in total. The van der Waals surface area contributed by atoms with E-state index in [1.807, 2.05) is 13.0 Å². The Bertz CT molecular complexity index is 442. The van der Waals surface area contributed by atoms with E-state index in [4.69, 9.17) is 0 Å². The highest BCUT2D eigenvalue weighted by Crippen LogP contribution is 2.35. The van der Waals surface area contributed by atoms with Crippen molar-refractivity contribution in [1.82, 2.24) is 0 Å². The summed E-state index contributed by atoms with van der Waals surface area (Å²) in [6, 6.07) is 6.49. The number of fused-ring (bicyclic) bond motifs is 2. The molecule has 3 heteroatoms. The fourth-order valence-electron chi connectivity index (χ4n) is 2.76. The largest absolute Gasteiger partial charge is 0.380 e. The number of nitrogens with one attached hydrogen (secondary N) is 2. The first kappa shape index (κ1) is 9.70. The van der Waals surface area contributed by atoms with E-state index in [0.29, 0.717) is 6.04 Å². The third-order valence-corrected chi connectivity index (χ3v) is 3.63. The number of aryl methyl sites for hydroxylation is 1. The highest BCUT2D eigenvalue weighted by molar-refractivity contribution is 5.98. The summed E-state index contributed by atoms with van der Waals surface area (Å²) in [6.07, 6.45) is 3.26. The van der Waals surface area contributed by atoms with E-state index in [1.54, 1.807) is 0 Å². The van der Waals surface area contributed by atoms with Crippen LogP contribution < -0.4 is 10.6 Å². The highest BCUT2D eigenvalue weighted by atomic mass is 16.2. The number of benzene rings is 1. The van der Waals surface area contributed by atoms with Gasteiger partial charge >= 0.3 is 0 Å². The number of carbonyl (C=O) groups is 1. The molecule has 0 saturated heterocycles. The van der Waals surface area contributed by atoms with Crippen molar-refractivity contribution in [3.63, 3.8) is 0 Å². The molecule has 1 fully saturated rings. The summed E-state index contributed by atoms with van der Waals surface area (Å²) in [5.74, 6) is 0.326. The smallest absolute Gasteiger partial charge is 0.229 e. The first-order chi connectivity index (χ1) is 7.74. The van der Waals surface area contributed by atoms with E-state index in [-0.39, 0.29) is 11.8 Å². The van der Waals surface area contributed by atoms with Crippen LogP contribution in [0, 0.1) is 12.8 Å². The summed E-state index contributed by atoms with van der Waals surface area (Å²) in [5, 5.41) is 6.53. The topological polar surface area (TPSA) is 41.1 Å². The van der Waals surface area contributed by atoms with E-state index >= 15 is 0 Å². The predicted octanol–water partition coefficient (Wildman–Crippen LogP) is 2.53. The van der Waals surface area contributed by atoms with Gasteiger partial charge in [-0.05, 0) is 37.5 Å². The Morgan fingerprint density at radius 2 is 2.12 bits per heavy atom. The summed E-state index contributed by atoms with van der Waals surface area (Å²) in [7, 11) is 0. The van der Waals surface area contributed by atoms with Crippen molar-refractivity contribution in [2.45, 2.75) is 32.2 Å². The van der Waals surface area contributed by atoms with Gasteiger partial charge < -0.3 is 10.6 Å². The molecule has 1 amide bonds. The lowest BCUT2D eigenvalue weighted by Gasteiger charge is -2.16. The SMILES string of the molecule is Cc1ccc2c(c1)NC(=O)C1CCCC1N2. The second-order valence-corrected chi connectivity index (χ2v) is 4.83. The molecular weight excluding hydrogens is 200 g/mol. The number of anilines is 2. The summed E-state index contributed by atoms with van der Waals surface area (Å²) >= 11 is 0. The van der Waals surface area contributed by atoms with Crippen LogP contribution in [0.4, 0.5) is 11.4 Å². The van der Waals surface area contributed by atoms with Crippen LogP contribution in [-0.4, -0.2) is 11.9 Å². The minimum absolute atomic E-state index is 0.146. The number of amides is 1. The van der Waals surface area contributed by atoms with Crippen LogP contribution in [0.15, 0.2) is 18.2 Å². The minimum Gasteiger partial charge on any atom is -0.380 e. The molecule has 3 nitrogen and oxygen atoms in total. The molecule has 2 unspecified atom stereocenters. The molecule has 0 aromatic heterocycles. The average molecular weight is 216 g/mol. The number of hydrogen-bond acceptors (Lipinski definition) is 2.